The van der Waals surface area contributed by atoms with Crippen LogP contribution in [0.2, 0.25) is 0 Å². The number of thiophene rings is 1. The molecule has 0 saturated carbocycles. The van der Waals surface area contributed by atoms with Crippen LogP contribution in [0.25, 0.3) is 97.8 Å². The molecule has 2 heterocycles. The van der Waals surface area contributed by atoms with E-state index in [1.54, 1.807) is 0 Å². The van der Waals surface area contributed by atoms with Crippen LogP contribution in [0.5, 0.6) is 0 Å². The second kappa shape index (κ2) is 11.2. The third-order valence-corrected chi connectivity index (χ3v) is 10.8. The zero-order valence-electron chi connectivity index (χ0n) is 26.3. The van der Waals surface area contributed by atoms with E-state index in [4.69, 9.17) is 15.0 Å². The topological polar surface area (TPSA) is 38.7 Å². The SMILES string of the molecule is c1ccc(-c2nc(-c3ccc(-c4ccc5ccccc5c4)cc3)nc(-c3cc4c5ccc6ccccc6c5sc4c4ccccc34)n2)cc1. The fourth-order valence-electron chi connectivity index (χ4n) is 7.03. The smallest absolute Gasteiger partial charge is 0.164 e. The minimum Gasteiger partial charge on any atom is -0.208 e. The van der Waals surface area contributed by atoms with E-state index in [0.717, 1.165) is 27.6 Å². The molecule has 0 saturated heterocycles. The lowest BCUT2D eigenvalue weighted by molar-refractivity contribution is 1.08. The van der Waals surface area contributed by atoms with Gasteiger partial charge in [0.2, 0.25) is 0 Å². The number of benzene rings is 8. The Morgan fingerprint density at radius 1 is 0.306 bits per heavy atom. The summed E-state index contributed by atoms with van der Waals surface area (Å²) in [4.78, 5) is 15.4. The molecule has 3 nitrogen and oxygen atoms in total. The molecule has 0 unspecified atom stereocenters. The molecule has 8 aromatic carbocycles. The van der Waals surface area contributed by atoms with Crippen molar-refractivity contribution in [1.82, 2.24) is 15.0 Å². The van der Waals surface area contributed by atoms with Crippen LogP contribution in [0.3, 0.4) is 0 Å². The van der Waals surface area contributed by atoms with Crippen LogP contribution in [-0.2, 0) is 0 Å². The first-order chi connectivity index (χ1) is 24.3. The van der Waals surface area contributed by atoms with Crippen molar-refractivity contribution in [3.8, 4) is 45.3 Å². The van der Waals surface area contributed by atoms with E-state index < -0.39 is 0 Å². The van der Waals surface area contributed by atoms with Gasteiger partial charge in [0.1, 0.15) is 0 Å². The second-order valence-corrected chi connectivity index (χ2v) is 13.4. The van der Waals surface area contributed by atoms with Crippen molar-refractivity contribution in [2.24, 2.45) is 0 Å². The van der Waals surface area contributed by atoms with Crippen LogP contribution in [0.15, 0.2) is 164 Å². The lowest BCUT2D eigenvalue weighted by Gasteiger charge is -2.12. The molecular formula is C45H27N3S. The first-order valence-corrected chi connectivity index (χ1v) is 17.3. The van der Waals surface area contributed by atoms with Crippen LogP contribution in [-0.4, -0.2) is 15.0 Å². The minimum atomic E-state index is 0.652. The molecule has 10 aromatic rings. The average Bonchev–Trinajstić information content (AvgIpc) is 3.57. The highest BCUT2D eigenvalue weighted by Gasteiger charge is 2.19. The van der Waals surface area contributed by atoms with Crippen LogP contribution in [0.1, 0.15) is 0 Å². The van der Waals surface area contributed by atoms with Gasteiger partial charge in [-0.05, 0) is 50.2 Å². The number of hydrogen-bond acceptors (Lipinski definition) is 4. The second-order valence-electron chi connectivity index (χ2n) is 12.4. The van der Waals surface area contributed by atoms with Crippen molar-refractivity contribution < 1.29 is 0 Å². The molecule has 0 bridgehead atoms. The van der Waals surface area contributed by atoms with Crippen LogP contribution < -0.4 is 0 Å². The van der Waals surface area contributed by atoms with E-state index in [-0.39, 0.29) is 0 Å². The summed E-state index contributed by atoms with van der Waals surface area (Å²) in [6.07, 6.45) is 0. The molecule has 0 spiro atoms. The van der Waals surface area contributed by atoms with E-state index in [0.29, 0.717) is 17.5 Å². The summed E-state index contributed by atoms with van der Waals surface area (Å²) in [6.45, 7) is 0. The summed E-state index contributed by atoms with van der Waals surface area (Å²) in [5, 5.41) is 9.84. The Morgan fingerprint density at radius 2 is 0.837 bits per heavy atom. The highest BCUT2D eigenvalue weighted by Crippen LogP contribution is 2.44. The first-order valence-electron chi connectivity index (χ1n) is 16.4. The average molecular weight is 642 g/mol. The van der Waals surface area contributed by atoms with Crippen molar-refractivity contribution in [2.75, 3.05) is 0 Å². The summed E-state index contributed by atoms with van der Waals surface area (Å²) in [6, 6.07) is 57.9. The summed E-state index contributed by atoms with van der Waals surface area (Å²) < 4.78 is 2.59. The number of rotatable bonds is 4. The molecule has 0 aliphatic carbocycles. The van der Waals surface area contributed by atoms with Crippen molar-refractivity contribution >= 4 is 63.8 Å². The molecule has 228 valence electrons. The van der Waals surface area contributed by atoms with Gasteiger partial charge < -0.3 is 0 Å². The van der Waals surface area contributed by atoms with Gasteiger partial charge in [-0.3, -0.25) is 0 Å². The molecule has 4 heteroatoms. The molecular weight excluding hydrogens is 615 g/mol. The minimum absolute atomic E-state index is 0.652. The molecule has 0 N–H and O–H groups in total. The predicted octanol–water partition coefficient (Wildman–Crippen LogP) is 12.4. The summed E-state index contributed by atoms with van der Waals surface area (Å²) in [7, 11) is 0. The monoisotopic (exact) mass is 641 g/mol. The Labute approximate surface area is 286 Å². The van der Waals surface area contributed by atoms with Crippen molar-refractivity contribution in [3.63, 3.8) is 0 Å². The van der Waals surface area contributed by atoms with Crippen molar-refractivity contribution in [2.45, 2.75) is 0 Å². The van der Waals surface area contributed by atoms with E-state index in [2.05, 4.69) is 146 Å². The fraction of sp³-hybridized carbons (Fsp3) is 0. The predicted molar refractivity (Wildman–Crippen MR) is 207 cm³/mol. The Morgan fingerprint density at radius 3 is 1.63 bits per heavy atom. The van der Waals surface area contributed by atoms with Gasteiger partial charge in [-0.25, -0.2) is 15.0 Å². The number of aromatic nitrogens is 3. The van der Waals surface area contributed by atoms with Gasteiger partial charge in [-0.2, -0.15) is 0 Å². The Balaban J connectivity index is 1.17. The zero-order valence-corrected chi connectivity index (χ0v) is 27.2. The van der Waals surface area contributed by atoms with Gasteiger partial charge in [0.15, 0.2) is 17.5 Å². The van der Waals surface area contributed by atoms with Crippen molar-refractivity contribution in [3.05, 3.63) is 164 Å². The maximum atomic E-state index is 5.20. The van der Waals surface area contributed by atoms with E-state index in [9.17, 15) is 0 Å². The zero-order chi connectivity index (χ0) is 32.3. The maximum absolute atomic E-state index is 5.20. The third kappa shape index (κ3) is 4.68. The number of hydrogen-bond donors (Lipinski definition) is 0. The van der Waals surface area contributed by atoms with Gasteiger partial charge >= 0.3 is 0 Å². The van der Waals surface area contributed by atoms with Gasteiger partial charge in [0.05, 0.1) is 0 Å². The first kappa shape index (κ1) is 27.8. The van der Waals surface area contributed by atoms with Crippen molar-refractivity contribution in [1.29, 1.82) is 0 Å². The summed E-state index contributed by atoms with van der Waals surface area (Å²) in [5.74, 6) is 1.98. The molecule has 0 aliphatic heterocycles. The maximum Gasteiger partial charge on any atom is 0.164 e. The summed E-state index contributed by atoms with van der Waals surface area (Å²) >= 11 is 1.87. The van der Waals surface area contributed by atoms with E-state index in [1.807, 2.05) is 29.5 Å². The van der Waals surface area contributed by atoms with Gasteiger partial charge in [0.25, 0.3) is 0 Å². The molecule has 0 aliphatic rings. The largest absolute Gasteiger partial charge is 0.208 e. The molecule has 0 fully saturated rings. The van der Waals surface area contributed by atoms with Gasteiger partial charge in [-0.1, -0.05) is 152 Å². The van der Waals surface area contributed by atoms with Crippen LogP contribution in [0, 0.1) is 0 Å². The standard InChI is InChI=1S/C45H27N3S/c1-2-12-31(13-3-1)43-46-44(32-21-18-29(19-22-32)34-23-20-28-10-4-5-14-33(28)26-34)48-45(47-43)40-27-39-38-25-24-30-11-6-7-15-35(30)41(38)49-42(39)37-17-9-8-16-36(37)40/h1-27H. The van der Waals surface area contributed by atoms with Gasteiger partial charge in [0, 0.05) is 42.2 Å². The highest BCUT2D eigenvalue weighted by molar-refractivity contribution is 7.27. The quantitative estimate of drug-likeness (QED) is 0.192. The number of nitrogens with zero attached hydrogens (tertiary/aromatic N) is 3. The lowest BCUT2D eigenvalue weighted by atomic mass is 9.98. The van der Waals surface area contributed by atoms with Crippen LogP contribution >= 0.6 is 11.3 Å². The lowest BCUT2D eigenvalue weighted by Crippen LogP contribution is -2.00. The molecule has 10 rings (SSSR count). The fourth-order valence-corrected chi connectivity index (χ4v) is 8.39. The molecule has 2 aromatic heterocycles. The molecule has 0 amide bonds. The Bertz CT molecular complexity index is 2870. The highest BCUT2D eigenvalue weighted by atomic mass is 32.1. The normalized spacial score (nSPS) is 11.7. The van der Waals surface area contributed by atoms with Crippen LogP contribution in [0.4, 0.5) is 0 Å². The molecule has 0 radical (unpaired) electrons. The molecule has 0 atom stereocenters. The van der Waals surface area contributed by atoms with Gasteiger partial charge in [-0.15, -0.1) is 11.3 Å². The third-order valence-electron chi connectivity index (χ3n) is 9.50. The van der Waals surface area contributed by atoms with E-state index in [1.165, 1.54) is 52.7 Å². The Kier molecular flexibility index (Phi) is 6.36. The number of fused-ring (bicyclic) bond motifs is 8. The Hall–Kier alpha value is -6.23. The van der Waals surface area contributed by atoms with E-state index >= 15 is 0 Å². The summed E-state index contributed by atoms with van der Waals surface area (Å²) in [5.41, 5.74) is 5.24. The molecule has 49 heavy (non-hydrogen) atoms.